The Morgan fingerprint density at radius 1 is 1.10 bits per heavy atom. The monoisotopic (exact) mass is 452 g/mol. The van der Waals surface area contributed by atoms with Crippen LogP contribution < -0.4 is 4.90 Å². The standard InChI is InChI=1S/C22H24ClF3N4O/c1-15(2)31-14-18-27-28-20-19(23)17(8-11-30(18)20)29-12-9-21(10-13-29,22(24,25)26)16-6-4-3-5-7-16/h3-8,11,15H,9-10,12-14H2,1-2H3. The van der Waals surface area contributed by atoms with Gasteiger partial charge in [0.25, 0.3) is 0 Å². The number of rotatable bonds is 5. The Kier molecular flexibility index (Phi) is 5.87. The van der Waals surface area contributed by atoms with E-state index in [1.165, 1.54) is 0 Å². The minimum Gasteiger partial charge on any atom is -0.371 e. The largest absolute Gasteiger partial charge is 0.398 e. The average molecular weight is 453 g/mol. The molecule has 4 rings (SSSR count). The quantitative estimate of drug-likeness (QED) is 0.519. The summed E-state index contributed by atoms with van der Waals surface area (Å²) in [6.07, 6.45) is -2.57. The molecule has 0 amide bonds. The molecule has 0 spiro atoms. The molecule has 2 aromatic heterocycles. The number of pyridine rings is 1. The molecule has 0 aliphatic carbocycles. The fourth-order valence-electron chi connectivity index (χ4n) is 4.17. The van der Waals surface area contributed by atoms with Gasteiger partial charge in [0.2, 0.25) is 0 Å². The molecular formula is C22H24ClF3N4O. The molecule has 0 radical (unpaired) electrons. The van der Waals surface area contributed by atoms with Gasteiger partial charge in [-0.1, -0.05) is 41.9 Å². The van der Waals surface area contributed by atoms with Crippen LogP contribution in [-0.4, -0.2) is 40.0 Å². The topological polar surface area (TPSA) is 42.7 Å². The molecule has 166 valence electrons. The van der Waals surface area contributed by atoms with Gasteiger partial charge in [-0.05, 0) is 38.3 Å². The van der Waals surface area contributed by atoms with Gasteiger partial charge in [0, 0.05) is 19.3 Å². The number of ether oxygens (including phenoxy) is 1. The highest BCUT2D eigenvalue weighted by Gasteiger charge is 2.56. The van der Waals surface area contributed by atoms with Crippen molar-refractivity contribution in [2.24, 2.45) is 0 Å². The first kappa shape index (κ1) is 21.9. The lowest BCUT2D eigenvalue weighted by Crippen LogP contribution is -2.51. The maximum absolute atomic E-state index is 14.2. The van der Waals surface area contributed by atoms with E-state index < -0.39 is 11.6 Å². The number of piperidine rings is 1. The molecule has 0 unspecified atom stereocenters. The van der Waals surface area contributed by atoms with Gasteiger partial charge < -0.3 is 9.64 Å². The van der Waals surface area contributed by atoms with Crippen LogP contribution >= 0.6 is 11.6 Å². The van der Waals surface area contributed by atoms with Crippen LogP contribution in [0.3, 0.4) is 0 Å². The van der Waals surface area contributed by atoms with Crippen molar-refractivity contribution in [1.29, 1.82) is 0 Å². The summed E-state index contributed by atoms with van der Waals surface area (Å²) in [5.41, 5.74) is -0.396. The minimum absolute atomic E-state index is 0.0395. The number of alkyl halides is 3. The van der Waals surface area contributed by atoms with Gasteiger partial charge in [-0.25, -0.2) is 0 Å². The smallest absolute Gasteiger partial charge is 0.371 e. The van der Waals surface area contributed by atoms with Gasteiger partial charge in [-0.15, -0.1) is 10.2 Å². The SMILES string of the molecule is CC(C)OCc1nnc2c(Cl)c(N3CCC(c4ccccc4)(C(F)(F)F)CC3)ccn12. The van der Waals surface area contributed by atoms with Crippen molar-refractivity contribution in [2.45, 2.75) is 51.0 Å². The maximum atomic E-state index is 14.2. The molecule has 1 aromatic carbocycles. The lowest BCUT2D eigenvalue weighted by atomic mass is 9.72. The van der Waals surface area contributed by atoms with E-state index in [9.17, 15) is 13.2 Å². The molecule has 0 saturated carbocycles. The fraction of sp³-hybridized carbons (Fsp3) is 0.455. The number of hydrogen-bond donors (Lipinski definition) is 0. The van der Waals surface area contributed by atoms with Crippen LogP contribution in [0.2, 0.25) is 5.02 Å². The van der Waals surface area contributed by atoms with Crippen LogP contribution in [-0.2, 0) is 16.8 Å². The van der Waals surface area contributed by atoms with Gasteiger partial charge in [-0.2, -0.15) is 13.2 Å². The van der Waals surface area contributed by atoms with Crippen molar-refractivity contribution < 1.29 is 17.9 Å². The van der Waals surface area contributed by atoms with Gasteiger partial charge >= 0.3 is 6.18 Å². The molecule has 1 aliphatic rings. The Bertz CT molecular complexity index is 1040. The van der Waals surface area contributed by atoms with Gasteiger partial charge in [0.1, 0.15) is 11.6 Å². The maximum Gasteiger partial charge on any atom is 0.398 e. The first-order valence-electron chi connectivity index (χ1n) is 10.2. The van der Waals surface area contributed by atoms with Crippen LogP contribution in [0, 0.1) is 0 Å². The molecule has 1 aliphatic heterocycles. The number of anilines is 1. The number of aromatic nitrogens is 3. The second kappa shape index (κ2) is 8.31. The second-order valence-electron chi connectivity index (χ2n) is 8.12. The second-order valence-corrected chi connectivity index (χ2v) is 8.50. The number of fused-ring (bicyclic) bond motifs is 1. The molecule has 5 nitrogen and oxygen atoms in total. The normalized spacial score (nSPS) is 16.9. The van der Waals surface area contributed by atoms with Crippen LogP contribution in [0.25, 0.3) is 5.65 Å². The lowest BCUT2D eigenvalue weighted by Gasteiger charge is -2.44. The molecule has 3 aromatic rings. The summed E-state index contributed by atoms with van der Waals surface area (Å²) in [5, 5.41) is 8.69. The van der Waals surface area contributed by atoms with Crippen molar-refractivity contribution in [3.8, 4) is 0 Å². The summed E-state index contributed by atoms with van der Waals surface area (Å²) < 4.78 is 49.8. The van der Waals surface area contributed by atoms with Gasteiger partial charge in [-0.3, -0.25) is 4.40 Å². The van der Waals surface area contributed by atoms with Crippen molar-refractivity contribution in [3.05, 3.63) is 59.0 Å². The summed E-state index contributed by atoms with van der Waals surface area (Å²) in [4.78, 5) is 1.90. The van der Waals surface area contributed by atoms with E-state index >= 15 is 0 Å². The summed E-state index contributed by atoms with van der Waals surface area (Å²) >= 11 is 6.60. The number of nitrogens with zero attached hydrogens (tertiary/aromatic N) is 4. The number of hydrogen-bond acceptors (Lipinski definition) is 4. The molecule has 31 heavy (non-hydrogen) atoms. The zero-order valence-corrected chi connectivity index (χ0v) is 18.1. The molecule has 9 heteroatoms. The van der Waals surface area contributed by atoms with Crippen molar-refractivity contribution >= 4 is 22.9 Å². The minimum atomic E-state index is -4.33. The highest BCUT2D eigenvalue weighted by atomic mass is 35.5. The van der Waals surface area contributed by atoms with Crippen LogP contribution in [0.5, 0.6) is 0 Å². The van der Waals surface area contributed by atoms with Crippen LogP contribution in [0.1, 0.15) is 38.1 Å². The molecule has 0 atom stereocenters. The number of benzene rings is 1. The lowest BCUT2D eigenvalue weighted by molar-refractivity contribution is -0.196. The summed E-state index contributed by atoms with van der Waals surface area (Å²) in [6.45, 7) is 4.63. The Hall–Kier alpha value is -2.32. The first-order chi connectivity index (χ1) is 14.7. The predicted octanol–water partition coefficient (Wildman–Crippen LogP) is 5.41. The van der Waals surface area contributed by atoms with Crippen molar-refractivity contribution in [2.75, 3.05) is 18.0 Å². The Morgan fingerprint density at radius 3 is 2.39 bits per heavy atom. The first-order valence-corrected chi connectivity index (χ1v) is 10.6. The zero-order chi connectivity index (χ0) is 22.2. The average Bonchev–Trinajstić information content (AvgIpc) is 3.16. The highest BCUT2D eigenvalue weighted by Crippen LogP contribution is 2.49. The molecular weight excluding hydrogens is 429 g/mol. The summed E-state index contributed by atoms with van der Waals surface area (Å²) in [6, 6.07) is 9.99. The predicted molar refractivity (Wildman–Crippen MR) is 114 cm³/mol. The third-order valence-electron chi connectivity index (χ3n) is 5.94. The zero-order valence-electron chi connectivity index (χ0n) is 17.4. The highest BCUT2D eigenvalue weighted by molar-refractivity contribution is 6.36. The molecule has 0 N–H and O–H groups in total. The van der Waals surface area contributed by atoms with Gasteiger partial charge in [0.15, 0.2) is 11.5 Å². The third-order valence-corrected chi connectivity index (χ3v) is 6.30. The fourth-order valence-corrected chi connectivity index (χ4v) is 4.48. The summed E-state index contributed by atoms with van der Waals surface area (Å²) in [7, 11) is 0. The van der Waals surface area contributed by atoms with E-state index in [2.05, 4.69) is 10.2 Å². The molecule has 1 fully saturated rings. The Balaban J connectivity index is 1.59. The van der Waals surface area contributed by atoms with Crippen molar-refractivity contribution in [1.82, 2.24) is 14.6 Å². The van der Waals surface area contributed by atoms with E-state index in [0.29, 0.717) is 34.4 Å². The van der Waals surface area contributed by atoms with E-state index in [1.54, 1.807) is 47.0 Å². The Morgan fingerprint density at radius 2 is 1.77 bits per heavy atom. The molecule has 3 heterocycles. The number of halogens is 4. The van der Waals surface area contributed by atoms with E-state index in [-0.39, 0.29) is 32.0 Å². The van der Waals surface area contributed by atoms with Gasteiger partial charge in [0.05, 0.1) is 17.2 Å². The molecule has 1 saturated heterocycles. The third kappa shape index (κ3) is 3.99. The van der Waals surface area contributed by atoms with Crippen LogP contribution in [0.15, 0.2) is 42.6 Å². The Labute approximate surface area is 183 Å². The van der Waals surface area contributed by atoms with E-state index in [0.717, 1.165) is 0 Å². The van der Waals surface area contributed by atoms with Crippen molar-refractivity contribution in [3.63, 3.8) is 0 Å². The van der Waals surface area contributed by atoms with Crippen LogP contribution in [0.4, 0.5) is 18.9 Å². The molecule has 0 bridgehead atoms. The van der Waals surface area contributed by atoms with E-state index in [4.69, 9.17) is 16.3 Å². The van der Waals surface area contributed by atoms with E-state index in [1.807, 2.05) is 18.7 Å². The summed E-state index contributed by atoms with van der Waals surface area (Å²) in [5.74, 6) is 0.621.